The molecular weight excluding hydrogens is 264 g/mol. The van der Waals surface area contributed by atoms with Gasteiger partial charge in [-0.2, -0.15) is 0 Å². The van der Waals surface area contributed by atoms with Gasteiger partial charge in [0.05, 0.1) is 0 Å². The lowest BCUT2D eigenvalue weighted by molar-refractivity contribution is 0.241. The minimum absolute atomic E-state index is 0. The molecule has 0 aliphatic heterocycles. The van der Waals surface area contributed by atoms with Crippen LogP contribution in [-0.2, 0) is 6.42 Å². The van der Waals surface area contributed by atoms with Crippen LogP contribution in [0.25, 0.3) is 0 Å². The Kier molecular flexibility index (Phi) is 6.99. The van der Waals surface area contributed by atoms with Gasteiger partial charge in [0, 0.05) is 1.43 Å². The van der Waals surface area contributed by atoms with E-state index in [9.17, 15) is 0 Å². The van der Waals surface area contributed by atoms with Crippen LogP contribution in [0.1, 0.15) is 73.2 Å². The molecule has 2 bridgehead atoms. The maximum absolute atomic E-state index is 2.51. The second kappa shape index (κ2) is 8.75. The van der Waals surface area contributed by atoms with Gasteiger partial charge < -0.3 is 0 Å². The predicted octanol–water partition coefficient (Wildman–Crippen LogP) is 6.99. The molecule has 2 aliphatic rings. The van der Waals surface area contributed by atoms with Crippen LogP contribution in [0.5, 0.6) is 0 Å². The molecule has 2 aliphatic carbocycles. The number of hydrogen-bond donors (Lipinski definition) is 0. The first-order valence-electron chi connectivity index (χ1n) is 9.64. The molecule has 0 radical (unpaired) electrons. The Bertz CT molecular complexity index is 413. The van der Waals surface area contributed by atoms with Gasteiger partial charge in [-0.05, 0) is 67.3 Å². The lowest BCUT2D eigenvalue weighted by atomic mass is 9.79. The number of rotatable bonds is 1. The smallest absolute Gasteiger partial charge is 0 e. The number of fused-ring (bicyclic) bond motifs is 3. The molecule has 0 saturated heterocycles. The Balaban J connectivity index is 0.000000253. The van der Waals surface area contributed by atoms with E-state index >= 15 is 0 Å². The van der Waals surface area contributed by atoms with E-state index in [0.29, 0.717) is 0 Å². The summed E-state index contributed by atoms with van der Waals surface area (Å²) in [6.45, 7) is 9.63. The van der Waals surface area contributed by atoms with E-state index in [1.54, 1.807) is 0 Å². The zero-order valence-electron chi connectivity index (χ0n) is 15.2. The Morgan fingerprint density at radius 2 is 1.59 bits per heavy atom. The van der Waals surface area contributed by atoms with Gasteiger partial charge in [0.25, 0.3) is 0 Å². The molecule has 0 heterocycles. The zero-order valence-corrected chi connectivity index (χ0v) is 15.2. The molecule has 2 saturated carbocycles. The van der Waals surface area contributed by atoms with Crippen molar-refractivity contribution >= 4 is 0 Å². The predicted molar refractivity (Wildman–Crippen MR) is 100 cm³/mol. The summed E-state index contributed by atoms with van der Waals surface area (Å²) in [7, 11) is 0. The molecule has 0 nitrogen and oxygen atoms in total. The van der Waals surface area contributed by atoms with E-state index in [1.165, 1.54) is 44.1 Å². The summed E-state index contributed by atoms with van der Waals surface area (Å²) in [5.74, 6) is 5.09. The SMILES string of the molecule is CC1CCC2CCC(C1)CC(C)C2C.CCc1ccccc1.[HH]. The van der Waals surface area contributed by atoms with Gasteiger partial charge in [-0.25, -0.2) is 0 Å². The third-order valence-electron chi connectivity index (χ3n) is 6.31. The van der Waals surface area contributed by atoms with Crippen molar-refractivity contribution in [1.29, 1.82) is 0 Å². The molecule has 5 unspecified atom stereocenters. The van der Waals surface area contributed by atoms with E-state index in [2.05, 4.69) is 52.0 Å². The van der Waals surface area contributed by atoms with Crippen LogP contribution in [0.4, 0.5) is 0 Å². The van der Waals surface area contributed by atoms with Gasteiger partial charge in [-0.1, -0.05) is 70.9 Å². The standard InChI is InChI=1S/C14H26.C8H10.H2/c1-10-4-6-14-7-5-13(8-10)9-11(2)12(14)3;1-2-8-6-4-3-5-7-8;/h10-14H,4-9H2,1-3H3;3-7H,2H2,1H3;1H. The molecule has 0 N–H and O–H groups in total. The van der Waals surface area contributed by atoms with Crippen molar-refractivity contribution in [3.05, 3.63) is 35.9 Å². The molecule has 5 atom stereocenters. The second-order valence-electron chi connectivity index (χ2n) is 8.03. The Hall–Kier alpha value is -0.780. The molecule has 0 aromatic heterocycles. The average Bonchev–Trinajstić information content (AvgIpc) is 2.62. The van der Waals surface area contributed by atoms with Crippen molar-refractivity contribution in [3.8, 4) is 0 Å². The number of aryl methyl sites for hydroxylation is 1. The Morgan fingerprint density at radius 1 is 0.909 bits per heavy atom. The first-order chi connectivity index (χ1) is 10.6. The van der Waals surface area contributed by atoms with E-state index in [0.717, 1.165) is 36.0 Å². The molecule has 0 amide bonds. The summed E-state index contributed by atoms with van der Waals surface area (Å²) < 4.78 is 0. The minimum Gasteiger partial charge on any atom is -0.0625 e. The molecule has 3 rings (SSSR count). The lowest BCUT2D eigenvalue weighted by Gasteiger charge is -2.27. The largest absolute Gasteiger partial charge is 0.0625 e. The third-order valence-corrected chi connectivity index (χ3v) is 6.31. The van der Waals surface area contributed by atoms with Crippen LogP contribution in [0.3, 0.4) is 0 Å². The quantitative estimate of drug-likeness (QED) is 0.524. The summed E-state index contributed by atoms with van der Waals surface area (Å²) in [5, 5.41) is 0. The minimum atomic E-state index is 0. The van der Waals surface area contributed by atoms with Crippen LogP contribution in [-0.4, -0.2) is 0 Å². The maximum Gasteiger partial charge on any atom is 0 e. The zero-order chi connectivity index (χ0) is 15.9. The van der Waals surface area contributed by atoms with Gasteiger partial charge in [-0.3, -0.25) is 0 Å². The van der Waals surface area contributed by atoms with Crippen LogP contribution in [0.2, 0.25) is 0 Å². The van der Waals surface area contributed by atoms with Gasteiger partial charge in [-0.15, -0.1) is 0 Å². The van der Waals surface area contributed by atoms with Crippen molar-refractivity contribution in [1.82, 2.24) is 0 Å². The fraction of sp³-hybridized carbons (Fsp3) is 0.727. The molecule has 1 aromatic rings. The molecule has 1 aromatic carbocycles. The van der Waals surface area contributed by atoms with Gasteiger partial charge >= 0.3 is 0 Å². The monoisotopic (exact) mass is 302 g/mol. The highest BCUT2D eigenvalue weighted by atomic mass is 14.4. The molecule has 0 heteroatoms. The fourth-order valence-corrected chi connectivity index (χ4v) is 4.56. The highest BCUT2D eigenvalue weighted by Crippen LogP contribution is 2.43. The normalized spacial score (nSPS) is 34.8. The van der Waals surface area contributed by atoms with Crippen LogP contribution in [0.15, 0.2) is 30.3 Å². The van der Waals surface area contributed by atoms with Crippen molar-refractivity contribution in [2.24, 2.45) is 29.6 Å². The first kappa shape index (κ1) is 17.6. The highest BCUT2D eigenvalue weighted by Gasteiger charge is 2.32. The fourth-order valence-electron chi connectivity index (χ4n) is 4.56. The van der Waals surface area contributed by atoms with E-state index in [4.69, 9.17) is 0 Å². The molecule has 126 valence electrons. The second-order valence-corrected chi connectivity index (χ2v) is 8.03. The van der Waals surface area contributed by atoms with Crippen molar-refractivity contribution in [2.45, 2.75) is 72.6 Å². The molecule has 0 spiro atoms. The summed E-state index contributed by atoms with van der Waals surface area (Å²) in [4.78, 5) is 0. The maximum atomic E-state index is 2.51. The first-order valence-corrected chi connectivity index (χ1v) is 9.64. The third kappa shape index (κ3) is 5.14. The average molecular weight is 303 g/mol. The highest BCUT2D eigenvalue weighted by molar-refractivity contribution is 5.13. The van der Waals surface area contributed by atoms with Gasteiger partial charge in [0.1, 0.15) is 0 Å². The van der Waals surface area contributed by atoms with Crippen molar-refractivity contribution in [3.63, 3.8) is 0 Å². The van der Waals surface area contributed by atoms with Gasteiger partial charge in [0.15, 0.2) is 0 Å². The molecule has 22 heavy (non-hydrogen) atoms. The topological polar surface area (TPSA) is 0 Å². The number of benzene rings is 1. The lowest BCUT2D eigenvalue weighted by Crippen LogP contribution is -2.17. The number of hydrogen-bond acceptors (Lipinski definition) is 0. The van der Waals surface area contributed by atoms with Crippen LogP contribution < -0.4 is 0 Å². The summed E-state index contributed by atoms with van der Waals surface area (Å²) in [6, 6.07) is 10.5. The van der Waals surface area contributed by atoms with Crippen LogP contribution in [0, 0.1) is 29.6 Å². The summed E-state index contributed by atoms with van der Waals surface area (Å²) >= 11 is 0. The van der Waals surface area contributed by atoms with Gasteiger partial charge in [0.2, 0.25) is 0 Å². The van der Waals surface area contributed by atoms with E-state index in [1.807, 2.05) is 6.07 Å². The van der Waals surface area contributed by atoms with Crippen molar-refractivity contribution < 1.29 is 1.43 Å². The van der Waals surface area contributed by atoms with Crippen molar-refractivity contribution in [2.75, 3.05) is 0 Å². The molecular formula is C22H38. The Labute approximate surface area is 140 Å². The van der Waals surface area contributed by atoms with Crippen LogP contribution >= 0.6 is 0 Å². The Morgan fingerprint density at radius 3 is 2.23 bits per heavy atom. The summed E-state index contributed by atoms with van der Waals surface area (Å²) in [6.07, 6.45) is 10.2. The summed E-state index contributed by atoms with van der Waals surface area (Å²) in [5.41, 5.74) is 1.41. The van der Waals surface area contributed by atoms with E-state index < -0.39 is 0 Å². The van der Waals surface area contributed by atoms with E-state index in [-0.39, 0.29) is 1.43 Å². The molecule has 2 fully saturated rings.